The van der Waals surface area contributed by atoms with Crippen molar-refractivity contribution in [2.45, 2.75) is 51.0 Å². The Kier molecular flexibility index (Phi) is 4.99. The van der Waals surface area contributed by atoms with E-state index in [2.05, 4.69) is 28.9 Å². The molecule has 0 spiro atoms. The molecule has 1 heterocycles. The van der Waals surface area contributed by atoms with Crippen LogP contribution in [0.5, 0.6) is 0 Å². The number of carbonyl (C=O) groups is 1. The van der Waals surface area contributed by atoms with Gasteiger partial charge in [0.05, 0.1) is 11.7 Å². The molecule has 4 rings (SSSR count). The minimum atomic E-state index is 0.0918. The Balaban J connectivity index is 1.55. The van der Waals surface area contributed by atoms with Crippen molar-refractivity contribution in [3.05, 3.63) is 64.4 Å². The van der Waals surface area contributed by atoms with Crippen molar-refractivity contribution in [2.75, 3.05) is 6.54 Å². The van der Waals surface area contributed by atoms with Crippen LogP contribution in [0.15, 0.2) is 42.6 Å². The summed E-state index contributed by atoms with van der Waals surface area (Å²) in [6.07, 6.45) is 6.98. The fourth-order valence-corrected chi connectivity index (χ4v) is 4.53. The molecule has 4 heteroatoms. The second-order valence-corrected chi connectivity index (χ2v) is 7.93. The summed E-state index contributed by atoms with van der Waals surface area (Å²) in [6.45, 7) is 2.95. The van der Waals surface area contributed by atoms with Crippen molar-refractivity contribution in [1.82, 2.24) is 9.88 Å². The van der Waals surface area contributed by atoms with Crippen LogP contribution in [0.1, 0.15) is 61.4 Å². The zero-order valence-corrected chi connectivity index (χ0v) is 16.0. The summed E-state index contributed by atoms with van der Waals surface area (Å²) in [6, 6.07) is 12.2. The Morgan fingerprint density at radius 2 is 2.19 bits per heavy atom. The third kappa shape index (κ3) is 3.37. The summed E-state index contributed by atoms with van der Waals surface area (Å²) >= 11 is 6.13. The van der Waals surface area contributed by atoms with Gasteiger partial charge in [-0.2, -0.15) is 0 Å². The highest BCUT2D eigenvalue weighted by atomic mass is 35.5. The third-order valence-electron chi connectivity index (χ3n) is 5.67. The van der Waals surface area contributed by atoms with Crippen molar-refractivity contribution in [2.24, 2.45) is 5.92 Å². The van der Waals surface area contributed by atoms with Crippen molar-refractivity contribution in [1.29, 1.82) is 0 Å². The maximum absolute atomic E-state index is 13.3. The number of aromatic nitrogens is 1. The molecule has 1 aromatic carbocycles. The first-order valence-electron chi connectivity index (χ1n) is 9.68. The predicted octanol–water partition coefficient (Wildman–Crippen LogP) is 5.15. The smallest absolute Gasteiger partial charge is 0.226 e. The van der Waals surface area contributed by atoms with Crippen molar-refractivity contribution < 1.29 is 4.79 Å². The van der Waals surface area contributed by atoms with Crippen LogP contribution in [-0.4, -0.2) is 22.3 Å². The van der Waals surface area contributed by atoms with Crippen molar-refractivity contribution >= 4 is 17.5 Å². The zero-order valence-electron chi connectivity index (χ0n) is 15.2. The molecule has 0 N–H and O–H groups in total. The van der Waals surface area contributed by atoms with E-state index in [-0.39, 0.29) is 12.0 Å². The monoisotopic (exact) mass is 368 g/mol. The van der Waals surface area contributed by atoms with E-state index in [9.17, 15) is 4.79 Å². The lowest BCUT2D eigenvalue weighted by Crippen LogP contribution is -2.39. The number of halogens is 1. The average molecular weight is 369 g/mol. The first kappa shape index (κ1) is 17.5. The van der Waals surface area contributed by atoms with Crippen LogP contribution in [0, 0.1) is 5.92 Å². The van der Waals surface area contributed by atoms with Gasteiger partial charge in [0.25, 0.3) is 0 Å². The van der Waals surface area contributed by atoms with Gasteiger partial charge < -0.3 is 4.90 Å². The molecule has 0 radical (unpaired) electrons. The SMILES string of the molecule is CCCN(C(=O)C1CC1c1cccc(Cl)c1)C1CCCc2cccnc21. The van der Waals surface area contributed by atoms with Crippen LogP contribution < -0.4 is 0 Å². The standard InChI is InChI=1S/C22H25ClN2O/c1-2-12-25(20-10-4-6-15-8-5-11-24-21(15)20)22(26)19-14-18(19)16-7-3-9-17(23)13-16/h3,5,7-9,11,13,18-20H,2,4,6,10,12,14H2,1H3. The van der Waals surface area contributed by atoms with Gasteiger partial charge in [-0.05, 0) is 67.3 Å². The number of hydrogen-bond donors (Lipinski definition) is 0. The van der Waals surface area contributed by atoms with Gasteiger partial charge in [0.1, 0.15) is 0 Å². The van der Waals surface area contributed by atoms with Crippen LogP contribution in [-0.2, 0) is 11.2 Å². The molecule has 1 amide bonds. The van der Waals surface area contributed by atoms with Crippen molar-refractivity contribution in [3.63, 3.8) is 0 Å². The Morgan fingerprint density at radius 3 is 3.00 bits per heavy atom. The number of rotatable bonds is 5. The maximum Gasteiger partial charge on any atom is 0.226 e. The molecular weight excluding hydrogens is 344 g/mol. The van der Waals surface area contributed by atoms with Gasteiger partial charge >= 0.3 is 0 Å². The highest BCUT2D eigenvalue weighted by Crippen LogP contribution is 2.50. The van der Waals surface area contributed by atoms with E-state index >= 15 is 0 Å². The molecule has 1 aromatic heterocycles. The Labute approximate surface area is 160 Å². The summed E-state index contributed by atoms with van der Waals surface area (Å²) in [5.41, 5.74) is 3.61. The van der Waals surface area contributed by atoms with E-state index < -0.39 is 0 Å². The van der Waals surface area contributed by atoms with Crippen LogP contribution in [0.4, 0.5) is 0 Å². The summed E-state index contributed by atoms with van der Waals surface area (Å²) in [7, 11) is 0. The van der Waals surface area contributed by atoms with Gasteiger partial charge in [0.2, 0.25) is 5.91 Å². The molecule has 26 heavy (non-hydrogen) atoms. The lowest BCUT2D eigenvalue weighted by atomic mass is 9.90. The summed E-state index contributed by atoms with van der Waals surface area (Å²) < 4.78 is 0. The largest absolute Gasteiger partial charge is 0.334 e. The molecule has 3 nitrogen and oxygen atoms in total. The minimum Gasteiger partial charge on any atom is -0.334 e. The van der Waals surface area contributed by atoms with E-state index in [0.29, 0.717) is 11.8 Å². The average Bonchev–Trinajstić information content (AvgIpc) is 3.46. The number of nitrogens with zero attached hydrogens (tertiary/aromatic N) is 2. The summed E-state index contributed by atoms with van der Waals surface area (Å²) in [4.78, 5) is 20.1. The maximum atomic E-state index is 13.3. The number of benzene rings is 1. The highest BCUT2D eigenvalue weighted by Gasteiger charge is 2.47. The van der Waals surface area contributed by atoms with E-state index in [1.807, 2.05) is 30.5 Å². The van der Waals surface area contributed by atoms with Crippen molar-refractivity contribution in [3.8, 4) is 0 Å². The molecule has 3 unspecified atom stereocenters. The van der Waals surface area contributed by atoms with E-state index in [0.717, 1.165) is 49.4 Å². The second-order valence-electron chi connectivity index (χ2n) is 7.49. The van der Waals surface area contributed by atoms with Gasteiger partial charge in [0, 0.05) is 23.7 Å². The molecule has 3 atom stereocenters. The molecule has 1 fully saturated rings. The van der Waals surface area contributed by atoms with Crippen LogP contribution in [0.3, 0.4) is 0 Å². The lowest BCUT2D eigenvalue weighted by Gasteiger charge is -2.35. The van der Waals surface area contributed by atoms with E-state index in [1.54, 1.807) is 0 Å². The normalized spacial score (nSPS) is 24.0. The fraction of sp³-hybridized carbons (Fsp3) is 0.455. The number of pyridine rings is 1. The predicted molar refractivity (Wildman–Crippen MR) is 104 cm³/mol. The van der Waals surface area contributed by atoms with Gasteiger partial charge in [-0.3, -0.25) is 9.78 Å². The molecular formula is C22H25ClN2O. The Hall–Kier alpha value is -1.87. The second kappa shape index (κ2) is 7.40. The van der Waals surface area contributed by atoms with Crippen LogP contribution >= 0.6 is 11.6 Å². The first-order valence-corrected chi connectivity index (χ1v) is 10.1. The fourth-order valence-electron chi connectivity index (χ4n) is 4.34. The Morgan fingerprint density at radius 1 is 1.31 bits per heavy atom. The summed E-state index contributed by atoms with van der Waals surface area (Å²) in [5.74, 6) is 0.696. The number of fused-ring (bicyclic) bond motifs is 1. The molecule has 0 aliphatic heterocycles. The topological polar surface area (TPSA) is 33.2 Å². The summed E-state index contributed by atoms with van der Waals surface area (Å²) in [5, 5.41) is 0.747. The Bertz CT molecular complexity index is 806. The number of aryl methyl sites for hydroxylation is 1. The molecule has 2 aliphatic carbocycles. The van der Waals surface area contributed by atoms with Gasteiger partial charge in [-0.25, -0.2) is 0 Å². The van der Waals surface area contributed by atoms with Crippen LogP contribution in [0.2, 0.25) is 5.02 Å². The molecule has 2 aliphatic rings. The molecule has 2 aromatic rings. The third-order valence-corrected chi connectivity index (χ3v) is 5.91. The minimum absolute atomic E-state index is 0.0918. The molecule has 0 saturated heterocycles. The molecule has 136 valence electrons. The molecule has 1 saturated carbocycles. The van der Waals surface area contributed by atoms with Gasteiger partial charge in [-0.15, -0.1) is 0 Å². The van der Waals surface area contributed by atoms with E-state index in [4.69, 9.17) is 11.6 Å². The van der Waals surface area contributed by atoms with Gasteiger partial charge in [0.15, 0.2) is 0 Å². The van der Waals surface area contributed by atoms with E-state index in [1.165, 1.54) is 11.1 Å². The van der Waals surface area contributed by atoms with Crippen LogP contribution in [0.25, 0.3) is 0 Å². The highest BCUT2D eigenvalue weighted by molar-refractivity contribution is 6.30. The molecule has 0 bridgehead atoms. The lowest BCUT2D eigenvalue weighted by molar-refractivity contribution is -0.135. The van der Waals surface area contributed by atoms with Gasteiger partial charge in [-0.1, -0.05) is 36.7 Å². The quantitative estimate of drug-likeness (QED) is 0.730. The number of hydrogen-bond acceptors (Lipinski definition) is 2. The first-order chi connectivity index (χ1) is 12.7. The zero-order chi connectivity index (χ0) is 18.1. The number of carbonyl (C=O) groups excluding carboxylic acids is 1. The number of amides is 1.